The molecular weight excluding hydrogens is 665 g/mol. The van der Waals surface area contributed by atoms with E-state index >= 15 is 4.79 Å². The van der Waals surface area contributed by atoms with Gasteiger partial charge in [-0.05, 0) is 58.7 Å². The Bertz CT molecular complexity index is 2750. The van der Waals surface area contributed by atoms with E-state index in [0.29, 0.717) is 22.5 Å². The maximum Gasteiger partial charge on any atom is 0.268 e. The van der Waals surface area contributed by atoms with Crippen LogP contribution in [0.25, 0.3) is 72.0 Å². The van der Waals surface area contributed by atoms with Crippen LogP contribution in [0, 0.1) is 0 Å². The van der Waals surface area contributed by atoms with Crippen LogP contribution in [0.1, 0.15) is 20.7 Å². The molecule has 0 unspecified atom stereocenters. The molecule has 3 aromatic heterocycles. The Morgan fingerprint density at radius 1 is 0.370 bits per heavy atom. The van der Waals surface area contributed by atoms with Gasteiger partial charge in [-0.15, -0.1) is 0 Å². The van der Waals surface area contributed by atoms with Crippen molar-refractivity contribution in [3.05, 3.63) is 194 Å². The lowest BCUT2D eigenvalue weighted by Crippen LogP contribution is -2.30. The molecule has 54 heavy (non-hydrogen) atoms. The van der Waals surface area contributed by atoms with Gasteiger partial charge in [0.05, 0.1) is 33.5 Å². The van der Waals surface area contributed by atoms with Crippen molar-refractivity contribution in [2.24, 2.45) is 0 Å². The minimum atomic E-state index is -0.371. The van der Waals surface area contributed by atoms with Gasteiger partial charge in [0, 0.05) is 57.8 Å². The second-order valence-corrected chi connectivity index (χ2v) is 13.3. The van der Waals surface area contributed by atoms with E-state index in [4.69, 9.17) is 0 Å². The molecule has 6 heteroatoms. The number of para-hydroxylation sites is 3. The molecule has 0 saturated carbocycles. The first-order valence-electron chi connectivity index (χ1n) is 17.8. The van der Waals surface area contributed by atoms with Gasteiger partial charge in [0.25, 0.3) is 11.8 Å². The van der Waals surface area contributed by atoms with Gasteiger partial charge < -0.3 is 4.57 Å². The Hall–Kier alpha value is -7.44. The molecule has 6 nitrogen and oxygen atoms in total. The lowest BCUT2D eigenvalue weighted by atomic mass is 9.95. The van der Waals surface area contributed by atoms with Crippen LogP contribution in [0.15, 0.2) is 183 Å². The lowest BCUT2D eigenvalue weighted by Gasteiger charge is -2.23. The van der Waals surface area contributed by atoms with Crippen molar-refractivity contribution in [2.45, 2.75) is 0 Å². The third-order valence-corrected chi connectivity index (χ3v) is 10.4. The SMILES string of the molecule is O=C1c2cccc(-n3c4c(-c5ccncc5)cccc4c4cccc(-c5ccncc5)c43)c2C(=O)N1c1c(-c2ccccc2)cccc1-c1ccccc1. The van der Waals surface area contributed by atoms with Gasteiger partial charge in [0.2, 0.25) is 0 Å². The average molecular weight is 695 g/mol. The minimum Gasteiger partial charge on any atom is -0.307 e. The summed E-state index contributed by atoms with van der Waals surface area (Å²) in [4.78, 5) is 40.2. The first-order valence-corrected chi connectivity index (χ1v) is 17.8. The van der Waals surface area contributed by atoms with Crippen molar-refractivity contribution in [2.75, 3.05) is 4.90 Å². The van der Waals surface area contributed by atoms with E-state index in [9.17, 15) is 4.79 Å². The summed E-state index contributed by atoms with van der Waals surface area (Å²) in [5.41, 5.74) is 11.1. The third-order valence-electron chi connectivity index (χ3n) is 10.4. The highest BCUT2D eigenvalue weighted by Gasteiger charge is 2.41. The maximum atomic E-state index is 15.3. The number of aromatic nitrogens is 3. The zero-order valence-electron chi connectivity index (χ0n) is 28.9. The zero-order chi connectivity index (χ0) is 36.2. The number of anilines is 1. The maximum absolute atomic E-state index is 15.3. The fourth-order valence-electron chi connectivity index (χ4n) is 8.03. The van der Waals surface area contributed by atoms with Crippen molar-refractivity contribution in [1.29, 1.82) is 0 Å². The predicted octanol–water partition coefficient (Wildman–Crippen LogP) is 11.0. The number of benzene rings is 6. The number of hydrogen-bond donors (Lipinski definition) is 0. The van der Waals surface area contributed by atoms with Gasteiger partial charge in [-0.2, -0.15) is 0 Å². The van der Waals surface area contributed by atoms with Crippen LogP contribution in [0.2, 0.25) is 0 Å². The highest BCUT2D eigenvalue weighted by molar-refractivity contribution is 6.37. The molecule has 0 N–H and O–H groups in total. The normalized spacial score (nSPS) is 12.5. The molecule has 2 amide bonds. The van der Waals surface area contributed by atoms with E-state index in [2.05, 4.69) is 50.9 Å². The molecule has 4 heterocycles. The molecule has 0 spiro atoms. The summed E-state index contributed by atoms with van der Waals surface area (Å²) in [5.74, 6) is -0.731. The fraction of sp³-hybridized carbons (Fsp3) is 0. The summed E-state index contributed by atoms with van der Waals surface area (Å²) in [6.45, 7) is 0. The number of carbonyl (C=O) groups excluding carboxylic acids is 2. The molecule has 6 aromatic carbocycles. The quantitative estimate of drug-likeness (QED) is 0.163. The van der Waals surface area contributed by atoms with Gasteiger partial charge in [-0.1, -0.05) is 121 Å². The van der Waals surface area contributed by atoms with E-state index in [1.807, 2.05) is 115 Å². The van der Waals surface area contributed by atoms with Crippen molar-refractivity contribution < 1.29 is 9.59 Å². The summed E-state index contributed by atoms with van der Waals surface area (Å²) < 4.78 is 2.19. The zero-order valence-corrected chi connectivity index (χ0v) is 28.9. The second-order valence-electron chi connectivity index (χ2n) is 13.3. The van der Waals surface area contributed by atoms with Crippen molar-refractivity contribution in [3.8, 4) is 50.2 Å². The lowest BCUT2D eigenvalue weighted by molar-refractivity contribution is 0.0926. The molecule has 1 aliphatic rings. The summed E-state index contributed by atoms with van der Waals surface area (Å²) in [5, 5.41) is 2.06. The van der Waals surface area contributed by atoms with Gasteiger partial charge in [0.1, 0.15) is 0 Å². The van der Waals surface area contributed by atoms with Crippen LogP contribution in [0.4, 0.5) is 5.69 Å². The molecule has 10 rings (SSSR count). The average Bonchev–Trinajstić information content (AvgIpc) is 3.72. The number of fused-ring (bicyclic) bond motifs is 4. The summed E-state index contributed by atoms with van der Waals surface area (Å²) in [6.07, 6.45) is 7.16. The summed E-state index contributed by atoms with van der Waals surface area (Å²) in [7, 11) is 0. The smallest absolute Gasteiger partial charge is 0.268 e. The Balaban J connectivity index is 1.28. The van der Waals surface area contributed by atoms with Gasteiger partial charge in [0.15, 0.2) is 0 Å². The van der Waals surface area contributed by atoms with Crippen molar-refractivity contribution in [3.63, 3.8) is 0 Å². The Morgan fingerprint density at radius 3 is 1.31 bits per heavy atom. The fourth-order valence-corrected chi connectivity index (χ4v) is 8.03. The number of hydrogen-bond acceptors (Lipinski definition) is 4. The highest BCUT2D eigenvalue weighted by atomic mass is 16.2. The topological polar surface area (TPSA) is 68.1 Å². The predicted molar refractivity (Wildman–Crippen MR) is 216 cm³/mol. The largest absolute Gasteiger partial charge is 0.307 e. The molecule has 0 atom stereocenters. The van der Waals surface area contributed by atoms with Crippen LogP contribution < -0.4 is 4.90 Å². The minimum absolute atomic E-state index is 0.358. The standard InChI is InChI=1S/C48H30N4O2/c53-47-41-21-10-22-42(43(41)48(54)52(47)44-35(31-11-3-1-4-12-31)15-7-16-36(44)32-13-5-2-6-14-32)51-45-37(33-23-27-49-28-24-33)17-8-19-39(45)40-20-9-18-38(46(40)51)34-25-29-50-30-26-34/h1-30H. The number of imide groups is 1. The first-order chi connectivity index (χ1) is 26.7. The van der Waals surface area contributed by atoms with Crippen LogP contribution in [-0.2, 0) is 0 Å². The van der Waals surface area contributed by atoms with Gasteiger partial charge in [-0.3, -0.25) is 19.6 Å². The molecule has 0 bridgehead atoms. The van der Waals surface area contributed by atoms with Crippen LogP contribution >= 0.6 is 0 Å². The van der Waals surface area contributed by atoms with Crippen molar-refractivity contribution >= 4 is 39.3 Å². The van der Waals surface area contributed by atoms with E-state index < -0.39 is 0 Å². The Kier molecular flexibility index (Phi) is 7.34. The molecule has 254 valence electrons. The van der Waals surface area contributed by atoms with E-state index in [0.717, 1.165) is 66.3 Å². The molecule has 0 saturated heterocycles. The number of amides is 2. The van der Waals surface area contributed by atoms with Crippen LogP contribution in [-0.4, -0.2) is 26.3 Å². The number of rotatable bonds is 6. The highest BCUT2D eigenvalue weighted by Crippen LogP contribution is 2.46. The molecule has 1 aliphatic heterocycles. The number of carbonyl (C=O) groups is 2. The van der Waals surface area contributed by atoms with E-state index in [1.165, 1.54) is 4.90 Å². The summed E-state index contributed by atoms with van der Waals surface area (Å²) in [6, 6.07) is 52.0. The van der Waals surface area contributed by atoms with E-state index in [-0.39, 0.29) is 11.8 Å². The molecular formula is C48H30N4O2. The molecule has 0 aliphatic carbocycles. The molecule has 9 aromatic rings. The Morgan fingerprint density at radius 2 is 0.796 bits per heavy atom. The van der Waals surface area contributed by atoms with E-state index in [1.54, 1.807) is 30.9 Å². The first kappa shape index (κ1) is 31.3. The molecule has 0 radical (unpaired) electrons. The van der Waals surface area contributed by atoms with Gasteiger partial charge >= 0.3 is 0 Å². The molecule has 0 fully saturated rings. The van der Waals surface area contributed by atoms with Gasteiger partial charge in [-0.25, -0.2) is 4.90 Å². The Labute approximate surface area is 311 Å². The monoisotopic (exact) mass is 694 g/mol. The number of pyridine rings is 2. The third kappa shape index (κ3) is 4.81. The van der Waals surface area contributed by atoms with Crippen molar-refractivity contribution in [1.82, 2.24) is 14.5 Å². The van der Waals surface area contributed by atoms with Crippen LogP contribution in [0.5, 0.6) is 0 Å². The second kappa shape index (κ2) is 12.7. The summed E-state index contributed by atoms with van der Waals surface area (Å²) >= 11 is 0. The number of nitrogens with zero attached hydrogens (tertiary/aromatic N) is 4. The van der Waals surface area contributed by atoms with Crippen LogP contribution in [0.3, 0.4) is 0 Å².